The van der Waals surface area contributed by atoms with Gasteiger partial charge >= 0.3 is 0 Å². The summed E-state index contributed by atoms with van der Waals surface area (Å²) in [5.41, 5.74) is 9.61. The zero-order valence-corrected chi connectivity index (χ0v) is 11.9. The van der Waals surface area contributed by atoms with E-state index in [1.165, 1.54) is 5.56 Å². The van der Waals surface area contributed by atoms with E-state index < -0.39 is 5.60 Å². The maximum atomic E-state index is 10.9. The van der Waals surface area contributed by atoms with Gasteiger partial charge in [0.05, 0.1) is 0 Å². The topological polar surface area (TPSA) is 59.1 Å². The number of aryl methyl sites for hydroxylation is 3. The molecule has 3 N–H and O–H groups in total. The van der Waals surface area contributed by atoms with Gasteiger partial charge in [0.25, 0.3) is 0 Å². The molecule has 1 aromatic carbocycles. The van der Waals surface area contributed by atoms with E-state index in [0.29, 0.717) is 11.4 Å². The lowest BCUT2D eigenvalue weighted by Gasteiger charge is -2.27. The van der Waals surface area contributed by atoms with Gasteiger partial charge in [0, 0.05) is 11.8 Å². The highest BCUT2D eigenvalue weighted by Gasteiger charge is 2.30. The van der Waals surface area contributed by atoms with Crippen molar-refractivity contribution < 1.29 is 5.11 Å². The van der Waals surface area contributed by atoms with Crippen LogP contribution in [0.5, 0.6) is 0 Å². The molecule has 0 spiro atoms. The zero-order chi connectivity index (χ0) is 14.2. The maximum Gasteiger partial charge on any atom is 0.130 e. The highest BCUT2D eigenvalue weighted by molar-refractivity contribution is 5.52. The van der Waals surface area contributed by atoms with Crippen molar-refractivity contribution >= 4 is 5.82 Å². The first-order valence-electron chi connectivity index (χ1n) is 6.35. The number of hydrogen-bond donors (Lipinski definition) is 2. The minimum atomic E-state index is -1.14. The Labute approximate surface area is 114 Å². The van der Waals surface area contributed by atoms with E-state index in [1.807, 2.05) is 38.1 Å². The molecule has 1 heterocycles. The number of pyridine rings is 1. The van der Waals surface area contributed by atoms with Crippen molar-refractivity contribution in [2.45, 2.75) is 33.3 Å². The third-order valence-electron chi connectivity index (χ3n) is 3.74. The summed E-state index contributed by atoms with van der Waals surface area (Å²) in [6.07, 6.45) is 1.66. The van der Waals surface area contributed by atoms with Crippen LogP contribution in [0, 0.1) is 20.8 Å². The van der Waals surface area contributed by atoms with Gasteiger partial charge in [-0.1, -0.05) is 18.2 Å². The molecule has 0 aliphatic carbocycles. The van der Waals surface area contributed by atoms with E-state index in [4.69, 9.17) is 5.73 Å². The molecule has 2 rings (SSSR count). The van der Waals surface area contributed by atoms with Crippen LogP contribution in [0.3, 0.4) is 0 Å². The molecular formula is C16H20N2O. The monoisotopic (exact) mass is 256 g/mol. The van der Waals surface area contributed by atoms with E-state index in [-0.39, 0.29) is 0 Å². The molecule has 1 aromatic heterocycles. The SMILES string of the molecule is Cc1ccc(C(C)(O)c2c(C)ccnc2N)cc1C. The van der Waals surface area contributed by atoms with Crippen LogP contribution >= 0.6 is 0 Å². The number of nitrogen functional groups attached to an aromatic ring is 1. The fraction of sp³-hybridized carbons (Fsp3) is 0.312. The molecule has 0 aliphatic rings. The van der Waals surface area contributed by atoms with Crippen LogP contribution in [0.1, 0.15) is 34.7 Å². The molecule has 0 aliphatic heterocycles. The lowest BCUT2D eigenvalue weighted by atomic mass is 9.85. The Morgan fingerprint density at radius 1 is 1.05 bits per heavy atom. The molecule has 0 fully saturated rings. The van der Waals surface area contributed by atoms with Crippen molar-refractivity contribution in [1.82, 2.24) is 4.98 Å². The van der Waals surface area contributed by atoms with Crippen molar-refractivity contribution in [3.8, 4) is 0 Å². The predicted molar refractivity (Wildman–Crippen MR) is 78.0 cm³/mol. The fourth-order valence-corrected chi connectivity index (χ4v) is 2.40. The van der Waals surface area contributed by atoms with Crippen molar-refractivity contribution in [3.63, 3.8) is 0 Å². The van der Waals surface area contributed by atoms with Crippen molar-refractivity contribution in [1.29, 1.82) is 0 Å². The molecule has 0 bridgehead atoms. The van der Waals surface area contributed by atoms with Crippen molar-refractivity contribution in [3.05, 3.63) is 58.3 Å². The van der Waals surface area contributed by atoms with Crippen LogP contribution < -0.4 is 5.73 Å². The Bertz CT molecular complexity index is 598. The van der Waals surface area contributed by atoms with Gasteiger partial charge in [-0.3, -0.25) is 0 Å². The first kappa shape index (κ1) is 13.6. The molecule has 0 amide bonds. The van der Waals surface area contributed by atoms with Crippen LogP contribution in [0.25, 0.3) is 0 Å². The zero-order valence-electron chi connectivity index (χ0n) is 11.9. The number of hydrogen-bond acceptors (Lipinski definition) is 3. The Morgan fingerprint density at radius 2 is 1.74 bits per heavy atom. The molecule has 0 saturated carbocycles. The summed E-state index contributed by atoms with van der Waals surface area (Å²) in [4.78, 5) is 4.09. The summed E-state index contributed by atoms with van der Waals surface area (Å²) >= 11 is 0. The number of nitrogens with two attached hydrogens (primary N) is 1. The van der Waals surface area contributed by atoms with Gasteiger partial charge in [-0.25, -0.2) is 4.98 Å². The van der Waals surface area contributed by atoms with Gasteiger partial charge in [-0.05, 0) is 56.0 Å². The summed E-state index contributed by atoms with van der Waals surface area (Å²) in [6.45, 7) is 7.78. The third-order valence-corrected chi connectivity index (χ3v) is 3.74. The summed E-state index contributed by atoms with van der Waals surface area (Å²) in [7, 11) is 0. The first-order chi connectivity index (χ1) is 8.84. The smallest absolute Gasteiger partial charge is 0.130 e. The second-order valence-electron chi connectivity index (χ2n) is 5.26. The first-order valence-corrected chi connectivity index (χ1v) is 6.35. The highest BCUT2D eigenvalue weighted by Crippen LogP contribution is 2.34. The molecule has 1 unspecified atom stereocenters. The quantitative estimate of drug-likeness (QED) is 0.868. The molecule has 3 heteroatoms. The summed E-state index contributed by atoms with van der Waals surface area (Å²) < 4.78 is 0. The Kier molecular flexibility index (Phi) is 3.33. The molecule has 3 nitrogen and oxygen atoms in total. The van der Waals surface area contributed by atoms with Crippen LogP contribution in [0.2, 0.25) is 0 Å². The van der Waals surface area contributed by atoms with E-state index in [1.54, 1.807) is 13.1 Å². The molecule has 2 aromatic rings. The largest absolute Gasteiger partial charge is 0.383 e. The Balaban J connectivity index is 2.61. The van der Waals surface area contributed by atoms with Gasteiger partial charge in [-0.2, -0.15) is 0 Å². The van der Waals surface area contributed by atoms with E-state index in [9.17, 15) is 5.11 Å². The van der Waals surface area contributed by atoms with Crippen molar-refractivity contribution in [2.24, 2.45) is 0 Å². The summed E-state index contributed by atoms with van der Waals surface area (Å²) in [5, 5.41) is 10.9. The normalized spacial score (nSPS) is 14.2. The highest BCUT2D eigenvalue weighted by atomic mass is 16.3. The second-order valence-corrected chi connectivity index (χ2v) is 5.26. The number of benzene rings is 1. The van der Waals surface area contributed by atoms with Gasteiger partial charge < -0.3 is 10.8 Å². The summed E-state index contributed by atoms with van der Waals surface area (Å²) in [5.74, 6) is 0.378. The minimum absolute atomic E-state index is 0.378. The number of aromatic nitrogens is 1. The van der Waals surface area contributed by atoms with Gasteiger partial charge in [0.2, 0.25) is 0 Å². The molecular weight excluding hydrogens is 236 g/mol. The Hall–Kier alpha value is -1.87. The molecule has 19 heavy (non-hydrogen) atoms. The third kappa shape index (κ3) is 2.34. The van der Waals surface area contributed by atoms with Crippen LogP contribution in [-0.4, -0.2) is 10.1 Å². The second kappa shape index (κ2) is 4.67. The lowest BCUT2D eigenvalue weighted by Crippen LogP contribution is -2.26. The van der Waals surface area contributed by atoms with E-state index >= 15 is 0 Å². The van der Waals surface area contributed by atoms with Crippen molar-refractivity contribution in [2.75, 3.05) is 5.73 Å². The van der Waals surface area contributed by atoms with E-state index in [0.717, 1.165) is 16.7 Å². The fourth-order valence-electron chi connectivity index (χ4n) is 2.40. The Morgan fingerprint density at radius 3 is 2.32 bits per heavy atom. The van der Waals surface area contributed by atoms with Gasteiger partial charge in [0.15, 0.2) is 0 Å². The van der Waals surface area contributed by atoms with Gasteiger partial charge in [-0.15, -0.1) is 0 Å². The molecule has 100 valence electrons. The average Bonchev–Trinajstić information content (AvgIpc) is 2.32. The van der Waals surface area contributed by atoms with Crippen LogP contribution in [-0.2, 0) is 5.60 Å². The maximum absolute atomic E-state index is 10.9. The molecule has 0 saturated heterocycles. The van der Waals surface area contributed by atoms with E-state index in [2.05, 4.69) is 11.9 Å². The minimum Gasteiger partial charge on any atom is -0.383 e. The number of aliphatic hydroxyl groups is 1. The molecule has 1 atom stereocenters. The predicted octanol–water partition coefficient (Wildman–Crippen LogP) is 2.84. The standard InChI is InChI=1S/C16H20N2O/c1-10-5-6-13(9-12(10)3)16(4,19)14-11(2)7-8-18-15(14)17/h5-9,19H,1-4H3,(H2,17,18). The average molecular weight is 256 g/mol. The lowest BCUT2D eigenvalue weighted by molar-refractivity contribution is 0.102. The van der Waals surface area contributed by atoms with Crippen LogP contribution in [0.4, 0.5) is 5.82 Å². The number of nitrogens with zero attached hydrogens (tertiary/aromatic N) is 1. The van der Waals surface area contributed by atoms with Crippen LogP contribution in [0.15, 0.2) is 30.5 Å². The number of anilines is 1. The summed E-state index contributed by atoms with van der Waals surface area (Å²) in [6, 6.07) is 7.82. The molecule has 0 radical (unpaired) electrons. The number of rotatable bonds is 2. The van der Waals surface area contributed by atoms with Gasteiger partial charge in [0.1, 0.15) is 11.4 Å².